The third-order valence-electron chi connectivity index (χ3n) is 3.45. The Morgan fingerprint density at radius 2 is 1.82 bits per heavy atom. The number of likely N-dealkylation sites (tertiary alicyclic amines) is 2. The van der Waals surface area contributed by atoms with E-state index in [4.69, 9.17) is 11.6 Å². The molecule has 2 heterocycles. The third-order valence-corrected chi connectivity index (χ3v) is 3.64. The van der Waals surface area contributed by atoms with Crippen molar-refractivity contribution in [2.75, 3.05) is 19.6 Å². The first-order valence-electron chi connectivity index (χ1n) is 5.75. The molecule has 3 atom stereocenters. The predicted octanol–water partition coefficient (Wildman–Crippen LogP) is 0.0770. The maximum Gasteiger partial charge on any atom is 0.240 e. The summed E-state index contributed by atoms with van der Waals surface area (Å²) in [5.74, 6) is -1.23. The molecule has 0 N–H and O–H groups in total. The average Bonchev–Trinajstić information content (AvgIpc) is 2.80. The Balaban J connectivity index is 2.13. The van der Waals surface area contributed by atoms with Crippen LogP contribution in [-0.4, -0.2) is 52.5 Å². The van der Waals surface area contributed by atoms with Crippen LogP contribution >= 0.6 is 11.6 Å². The van der Waals surface area contributed by atoms with Crippen LogP contribution in [0.4, 0.5) is 0 Å². The van der Waals surface area contributed by atoms with Gasteiger partial charge in [0.2, 0.25) is 17.7 Å². The Kier molecular flexibility index (Phi) is 3.12. The number of carbonyl (C=O) groups excluding carboxylic acids is 3. The van der Waals surface area contributed by atoms with E-state index in [-0.39, 0.29) is 29.6 Å². The largest absolute Gasteiger partial charge is 0.340 e. The summed E-state index contributed by atoms with van der Waals surface area (Å²) >= 11 is 5.72. The SMILES string of the molecule is CCN1C(=O)C2CN(C(=O)C(C)Cl)CC2C1=O. The molecular weight excluding hydrogens is 244 g/mol. The molecule has 3 unspecified atom stereocenters. The molecule has 0 saturated carbocycles. The summed E-state index contributed by atoms with van der Waals surface area (Å²) in [4.78, 5) is 38.3. The van der Waals surface area contributed by atoms with E-state index < -0.39 is 5.38 Å². The minimum atomic E-state index is -0.610. The molecule has 6 heteroatoms. The van der Waals surface area contributed by atoms with Gasteiger partial charge >= 0.3 is 0 Å². The van der Waals surface area contributed by atoms with Gasteiger partial charge in [0.15, 0.2) is 0 Å². The van der Waals surface area contributed by atoms with Gasteiger partial charge in [0.05, 0.1) is 11.8 Å². The van der Waals surface area contributed by atoms with Gasteiger partial charge in [0.25, 0.3) is 0 Å². The zero-order valence-corrected chi connectivity index (χ0v) is 10.6. The highest BCUT2D eigenvalue weighted by Gasteiger charge is 2.52. The van der Waals surface area contributed by atoms with E-state index in [0.29, 0.717) is 19.6 Å². The van der Waals surface area contributed by atoms with Crippen molar-refractivity contribution >= 4 is 29.3 Å². The Hall–Kier alpha value is -1.10. The standard InChI is InChI=1S/C11H15ClN2O3/c1-3-14-10(16)7-4-13(9(15)6(2)12)5-8(7)11(14)17/h6-8H,3-5H2,1-2H3. The molecule has 0 aromatic rings. The maximum absolute atomic E-state index is 11.9. The molecule has 0 aromatic heterocycles. The van der Waals surface area contributed by atoms with Crippen molar-refractivity contribution in [3.8, 4) is 0 Å². The lowest BCUT2D eigenvalue weighted by molar-refractivity contribution is -0.140. The van der Waals surface area contributed by atoms with Gasteiger partial charge in [-0.05, 0) is 13.8 Å². The fraction of sp³-hybridized carbons (Fsp3) is 0.727. The maximum atomic E-state index is 11.9. The molecule has 2 rings (SSSR count). The van der Waals surface area contributed by atoms with Crippen LogP contribution in [-0.2, 0) is 14.4 Å². The van der Waals surface area contributed by atoms with Crippen LogP contribution in [0.2, 0.25) is 0 Å². The van der Waals surface area contributed by atoms with E-state index in [2.05, 4.69) is 0 Å². The van der Waals surface area contributed by atoms with Crippen LogP contribution < -0.4 is 0 Å². The first-order valence-corrected chi connectivity index (χ1v) is 6.19. The number of alkyl halides is 1. The van der Waals surface area contributed by atoms with Crippen LogP contribution in [0.25, 0.3) is 0 Å². The van der Waals surface area contributed by atoms with Crippen LogP contribution in [0.1, 0.15) is 13.8 Å². The molecule has 2 fully saturated rings. The molecular formula is C11H15ClN2O3. The molecule has 2 saturated heterocycles. The molecule has 0 aromatic carbocycles. The Morgan fingerprint density at radius 3 is 2.18 bits per heavy atom. The Morgan fingerprint density at radius 1 is 1.35 bits per heavy atom. The number of amides is 3. The topological polar surface area (TPSA) is 57.7 Å². The second kappa shape index (κ2) is 4.29. The summed E-state index contributed by atoms with van der Waals surface area (Å²) in [6.45, 7) is 4.42. The van der Waals surface area contributed by atoms with Crippen molar-refractivity contribution in [2.24, 2.45) is 11.8 Å². The number of rotatable bonds is 2. The smallest absolute Gasteiger partial charge is 0.240 e. The Bertz CT molecular complexity index is 359. The van der Waals surface area contributed by atoms with E-state index in [1.54, 1.807) is 13.8 Å². The number of halogens is 1. The molecule has 0 aliphatic carbocycles. The molecule has 5 nitrogen and oxygen atoms in total. The van der Waals surface area contributed by atoms with Crippen molar-refractivity contribution in [1.82, 2.24) is 9.80 Å². The van der Waals surface area contributed by atoms with Gasteiger partial charge in [-0.25, -0.2) is 0 Å². The van der Waals surface area contributed by atoms with Gasteiger partial charge in [0, 0.05) is 19.6 Å². The fourth-order valence-electron chi connectivity index (χ4n) is 2.56. The monoisotopic (exact) mass is 258 g/mol. The van der Waals surface area contributed by atoms with Crippen molar-refractivity contribution < 1.29 is 14.4 Å². The number of fused-ring (bicyclic) bond motifs is 1. The molecule has 94 valence electrons. The zero-order chi connectivity index (χ0) is 12.7. The molecule has 0 spiro atoms. The fourth-order valence-corrected chi connectivity index (χ4v) is 2.69. The van der Waals surface area contributed by atoms with Gasteiger partial charge in [-0.2, -0.15) is 0 Å². The van der Waals surface area contributed by atoms with E-state index in [0.717, 1.165) is 0 Å². The van der Waals surface area contributed by atoms with Crippen LogP contribution in [0.3, 0.4) is 0 Å². The van der Waals surface area contributed by atoms with Crippen LogP contribution in [0.5, 0.6) is 0 Å². The van der Waals surface area contributed by atoms with Gasteiger partial charge < -0.3 is 4.90 Å². The highest BCUT2D eigenvalue weighted by Crippen LogP contribution is 2.33. The molecule has 0 bridgehead atoms. The Labute approximate surface area is 105 Å². The number of hydrogen-bond donors (Lipinski definition) is 0. The van der Waals surface area contributed by atoms with Crippen LogP contribution in [0, 0.1) is 11.8 Å². The molecule has 17 heavy (non-hydrogen) atoms. The number of imide groups is 1. The predicted molar refractivity (Wildman–Crippen MR) is 61.3 cm³/mol. The summed E-state index contributed by atoms with van der Waals surface area (Å²) in [5, 5.41) is -0.610. The third kappa shape index (κ3) is 1.82. The lowest BCUT2D eigenvalue weighted by Crippen LogP contribution is -2.39. The van der Waals surface area contributed by atoms with Crippen molar-refractivity contribution in [2.45, 2.75) is 19.2 Å². The summed E-state index contributed by atoms with van der Waals surface area (Å²) < 4.78 is 0. The van der Waals surface area contributed by atoms with Gasteiger partial charge in [-0.1, -0.05) is 0 Å². The van der Waals surface area contributed by atoms with Crippen molar-refractivity contribution in [3.63, 3.8) is 0 Å². The first-order chi connectivity index (χ1) is 7.97. The van der Waals surface area contributed by atoms with Gasteiger partial charge in [-0.3, -0.25) is 19.3 Å². The highest BCUT2D eigenvalue weighted by atomic mass is 35.5. The van der Waals surface area contributed by atoms with E-state index >= 15 is 0 Å². The lowest BCUT2D eigenvalue weighted by Gasteiger charge is -2.20. The molecule has 2 aliphatic heterocycles. The quantitative estimate of drug-likeness (QED) is 0.521. The second-order valence-electron chi connectivity index (χ2n) is 4.49. The number of carbonyl (C=O) groups is 3. The van der Waals surface area contributed by atoms with Gasteiger partial charge in [0.1, 0.15) is 5.38 Å². The zero-order valence-electron chi connectivity index (χ0n) is 9.85. The minimum absolute atomic E-state index is 0.153. The lowest BCUT2D eigenvalue weighted by atomic mass is 10.00. The second-order valence-corrected chi connectivity index (χ2v) is 5.15. The highest BCUT2D eigenvalue weighted by molar-refractivity contribution is 6.30. The summed E-state index contributed by atoms with van der Waals surface area (Å²) in [6, 6.07) is 0. The minimum Gasteiger partial charge on any atom is -0.340 e. The van der Waals surface area contributed by atoms with Crippen LogP contribution in [0.15, 0.2) is 0 Å². The molecule has 0 radical (unpaired) electrons. The molecule has 2 aliphatic rings. The average molecular weight is 259 g/mol. The van der Waals surface area contributed by atoms with Crippen molar-refractivity contribution in [3.05, 3.63) is 0 Å². The van der Waals surface area contributed by atoms with Gasteiger partial charge in [-0.15, -0.1) is 11.6 Å². The summed E-state index contributed by atoms with van der Waals surface area (Å²) in [7, 11) is 0. The van der Waals surface area contributed by atoms with E-state index in [1.807, 2.05) is 0 Å². The number of nitrogens with zero attached hydrogens (tertiary/aromatic N) is 2. The number of hydrogen-bond acceptors (Lipinski definition) is 3. The molecule has 3 amide bonds. The van der Waals surface area contributed by atoms with E-state index in [9.17, 15) is 14.4 Å². The first kappa shape index (κ1) is 12.4. The summed E-state index contributed by atoms with van der Waals surface area (Å²) in [5.41, 5.74) is 0. The van der Waals surface area contributed by atoms with E-state index in [1.165, 1.54) is 9.80 Å². The normalized spacial score (nSPS) is 29.8. The van der Waals surface area contributed by atoms with Crippen molar-refractivity contribution in [1.29, 1.82) is 0 Å². The summed E-state index contributed by atoms with van der Waals surface area (Å²) in [6.07, 6.45) is 0.